The molecule has 0 aliphatic rings. The molecule has 1 aromatic rings. The molecular formula is C16H19N3O2. The zero-order chi connectivity index (χ0) is 15.8. The van der Waals surface area contributed by atoms with Crippen LogP contribution in [0.25, 0.3) is 6.08 Å². The molecule has 5 nitrogen and oxygen atoms in total. The van der Waals surface area contributed by atoms with Crippen LogP contribution in [0.2, 0.25) is 0 Å². The summed E-state index contributed by atoms with van der Waals surface area (Å²) in [6, 6.07) is 5.48. The maximum absolute atomic E-state index is 11.6. The summed E-state index contributed by atoms with van der Waals surface area (Å²) in [7, 11) is 0. The van der Waals surface area contributed by atoms with Crippen molar-refractivity contribution in [2.24, 2.45) is 0 Å². The standard InChI is InChI=1S/C16H19N3O2/c1-4-5-7-19-12(2)9-14(13(19)3)10-15(11-18)16(20)21-8-6-17/h9-10H,4-5,7-8H2,1-3H3/b15-10+. The Kier molecular flexibility index (Phi) is 6.23. The van der Waals surface area contributed by atoms with Crippen LogP contribution in [-0.4, -0.2) is 17.1 Å². The largest absolute Gasteiger partial charge is 0.446 e. The van der Waals surface area contributed by atoms with Gasteiger partial charge in [0.2, 0.25) is 0 Å². The van der Waals surface area contributed by atoms with Crippen molar-refractivity contribution in [3.8, 4) is 12.1 Å². The number of hydrogen-bond acceptors (Lipinski definition) is 4. The minimum Gasteiger partial charge on any atom is -0.446 e. The number of nitriles is 2. The fourth-order valence-electron chi connectivity index (χ4n) is 2.10. The monoisotopic (exact) mass is 285 g/mol. The highest BCUT2D eigenvalue weighted by atomic mass is 16.5. The fourth-order valence-corrected chi connectivity index (χ4v) is 2.10. The molecule has 0 bridgehead atoms. The number of carbonyl (C=O) groups excluding carboxylic acids is 1. The first-order chi connectivity index (χ1) is 10.0. The molecule has 0 spiro atoms. The van der Waals surface area contributed by atoms with E-state index in [1.807, 2.05) is 26.0 Å². The molecule has 0 fully saturated rings. The second kappa shape index (κ2) is 7.91. The van der Waals surface area contributed by atoms with E-state index < -0.39 is 5.97 Å². The lowest BCUT2D eigenvalue weighted by atomic mass is 10.1. The van der Waals surface area contributed by atoms with E-state index in [4.69, 9.17) is 10.5 Å². The summed E-state index contributed by atoms with van der Waals surface area (Å²) in [6.45, 7) is 6.66. The predicted molar refractivity (Wildman–Crippen MR) is 79.0 cm³/mol. The predicted octanol–water partition coefficient (Wildman–Crippen LogP) is 2.88. The highest BCUT2D eigenvalue weighted by molar-refractivity contribution is 5.98. The van der Waals surface area contributed by atoms with Gasteiger partial charge in [-0.25, -0.2) is 4.79 Å². The summed E-state index contributed by atoms with van der Waals surface area (Å²) >= 11 is 0. The number of nitrogens with zero attached hydrogens (tertiary/aromatic N) is 3. The third-order valence-corrected chi connectivity index (χ3v) is 3.26. The number of esters is 1. The molecule has 0 atom stereocenters. The highest BCUT2D eigenvalue weighted by Gasteiger charge is 2.13. The Balaban J connectivity index is 3.05. The molecule has 0 saturated carbocycles. The molecule has 0 radical (unpaired) electrons. The highest BCUT2D eigenvalue weighted by Crippen LogP contribution is 2.19. The Bertz CT molecular complexity index is 627. The Morgan fingerprint density at radius 2 is 2.14 bits per heavy atom. The minimum absolute atomic E-state index is 0.0963. The summed E-state index contributed by atoms with van der Waals surface area (Å²) in [4.78, 5) is 11.6. The van der Waals surface area contributed by atoms with Crippen LogP contribution in [0.4, 0.5) is 0 Å². The average Bonchev–Trinajstić information content (AvgIpc) is 2.74. The maximum Gasteiger partial charge on any atom is 0.349 e. The Morgan fingerprint density at radius 1 is 1.43 bits per heavy atom. The van der Waals surface area contributed by atoms with Crippen molar-refractivity contribution in [3.05, 3.63) is 28.6 Å². The number of carbonyl (C=O) groups is 1. The first-order valence-electron chi connectivity index (χ1n) is 6.87. The van der Waals surface area contributed by atoms with Crippen LogP contribution in [0.3, 0.4) is 0 Å². The number of hydrogen-bond donors (Lipinski definition) is 0. The average molecular weight is 285 g/mol. The van der Waals surface area contributed by atoms with Gasteiger partial charge < -0.3 is 9.30 Å². The molecule has 0 aromatic carbocycles. The summed E-state index contributed by atoms with van der Waals surface area (Å²) in [5.74, 6) is -0.766. The SMILES string of the molecule is CCCCn1c(C)cc(/C=C(\C#N)C(=O)OCC#N)c1C. The number of aryl methyl sites for hydroxylation is 1. The molecule has 1 aromatic heterocycles. The lowest BCUT2D eigenvalue weighted by molar-refractivity contribution is -0.137. The third-order valence-electron chi connectivity index (χ3n) is 3.26. The first kappa shape index (κ1) is 16.5. The molecule has 21 heavy (non-hydrogen) atoms. The van der Waals surface area contributed by atoms with Crippen LogP contribution >= 0.6 is 0 Å². The van der Waals surface area contributed by atoms with Crippen LogP contribution in [0.15, 0.2) is 11.6 Å². The van der Waals surface area contributed by atoms with Crippen LogP contribution < -0.4 is 0 Å². The Labute approximate surface area is 125 Å². The number of aromatic nitrogens is 1. The van der Waals surface area contributed by atoms with Gasteiger partial charge in [-0.1, -0.05) is 13.3 Å². The Morgan fingerprint density at radius 3 is 2.71 bits per heavy atom. The van der Waals surface area contributed by atoms with Crippen molar-refractivity contribution in [2.75, 3.05) is 6.61 Å². The molecule has 0 saturated heterocycles. The number of rotatable bonds is 6. The van der Waals surface area contributed by atoms with Gasteiger partial charge in [0.25, 0.3) is 0 Å². The topological polar surface area (TPSA) is 78.8 Å². The molecule has 1 heterocycles. The van der Waals surface area contributed by atoms with Gasteiger partial charge in [-0.2, -0.15) is 10.5 Å². The summed E-state index contributed by atoms with van der Waals surface area (Å²) < 4.78 is 6.83. The molecular weight excluding hydrogens is 266 g/mol. The minimum atomic E-state index is -0.766. The third kappa shape index (κ3) is 4.22. The smallest absolute Gasteiger partial charge is 0.349 e. The Hall–Kier alpha value is -2.53. The maximum atomic E-state index is 11.6. The van der Waals surface area contributed by atoms with E-state index in [1.54, 1.807) is 6.07 Å². The van der Waals surface area contributed by atoms with Gasteiger partial charge in [-0.05, 0) is 38.0 Å². The molecule has 0 aliphatic carbocycles. The van der Waals surface area contributed by atoms with Crippen molar-refractivity contribution in [1.82, 2.24) is 4.57 Å². The lowest BCUT2D eigenvalue weighted by Crippen LogP contribution is -2.07. The molecule has 0 N–H and O–H groups in total. The van der Waals surface area contributed by atoms with Gasteiger partial charge in [0, 0.05) is 17.9 Å². The van der Waals surface area contributed by atoms with E-state index >= 15 is 0 Å². The van der Waals surface area contributed by atoms with Crippen LogP contribution in [0, 0.1) is 36.5 Å². The molecule has 110 valence electrons. The van der Waals surface area contributed by atoms with Crippen LogP contribution in [-0.2, 0) is 16.1 Å². The first-order valence-corrected chi connectivity index (χ1v) is 6.87. The van der Waals surface area contributed by atoms with Crippen molar-refractivity contribution in [1.29, 1.82) is 10.5 Å². The molecule has 0 aliphatic heterocycles. The normalized spacial score (nSPS) is 10.8. The second-order valence-electron chi connectivity index (χ2n) is 4.74. The molecule has 0 unspecified atom stereocenters. The van der Waals surface area contributed by atoms with E-state index in [2.05, 4.69) is 16.2 Å². The van der Waals surface area contributed by atoms with Gasteiger partial charge in [0.1, 0.15) is 17.7 Å². The van der Waals surface area contributed by atoms with Crippen LogP contribution in [0.5, 0.6) is 0 Å². The molecule has 1 rings (SSSR count). The molecule has 0 amide bonds. The van der Waals surface area contributed by atoms with Gasteiger partial charge in [-0.3, -0.25) is 0 Å². The fraction of sp³-hybridized carbons (Fsp3) is 0.438. The number of ether oxygens (including phenoxy) is 1. The van der Waals surface area contributed by atoms with Crippen molar-refractivity contribution < 1.29 is 9.53 Å². The van der Waals surface area contributed by atoms with Gasteiger partial charge in [0.15, 0.2) is 6.61 Å². The van der Waals surface area contributed by atoms with Crippen LogP contribution in [0.1, 0.15) is 36.7 Å². The quantitative estimate of drug-likeness (QED) is 0.457. The van der Waals surface area contributed by atoms with Crippen molar-refractivity contribution >= 4 is 12.0 Å². The van der Waals surface area contributed by atoms with E-state index in [9.17, 15) is 4.79 Å². The van der Waals surface area contributed by atoms with Crippen molar-refractivity contribution in [2.45, 2.75) is 40.2 Å². The van der Waals surface area contributed by atoms with Gasteiger partial charge >= 0.3 is 5.97 Å². The van der Waals surface area contributed by atoms with Gasteiger partial charge in [0.05, 0.1) is 0 Å². The number of unbranched alkanes of at least 4 members (excludes halogenated alkanes) is 1. The van der Waals surface area contributed by atoms with E-state index in [0.29, 0.717) is 0 Å². The zero-order valence-electron chi connectivity index (χ0n) is 12.6. The second-order valence-corrected chi connectivity index (χ2v) is 4.74. The zero-order valence-corrected chi connectivity index (χ0v) is 12.6. The summed E-state index contributed by atoms with van der Waals surface area (Å²) in [5.41, 5.74) is 2.84. The molecule has 5 heteroatoms. The van der Waals surface area contributed by atoms with Crippen molar-refractivity contribution in [3.63, 3.8) is 0 Å². The van der Waals surface area contributed by atoms with Gasteiger partial charge in [-0.15, -0.1) is 0 Å². The van der Waals surface area contributed by atoms with E-state index in [1.165, 1.54) is 6.08 Å². The van der Waals surface area contributed by atoms with E-state index in [-0.39, 0.29) is 12.2 Å². The summed E-state index contributed by atoms with van der Waals surface area (Å²) in [5, 5.41) is 17.4. The lowest BCUT2D eigenvalue weighted by Gasteiger charge is -2.08. The van der Waals surface area contributed by atoms with E-state index in [0.717, 1.165) is 36.3 Å². The summed E-state index contributed by atoms with van der Waals surface area (Å²) in [6.07, 6.45) is 3.70.